The highest BCUT2D eigenvalue weighted by Gasteiger charge is 2.40. The normalized spacial score (nSPS) is 28.5. The molecule has 2 N–H and O–H groups in total. The number of piperidine rings is 1. The minimum Gasteiger partial charge on any atom is -0.365 e. The van der Waals surface area contributed by atoms with E-state index >= 15 is 0 Å². The number of imidazole rings is 1. The molecule has 38 heavy (non-hydrogen) atoms. The molecule has 5 heterocycles. The van der Waals surface area contributed by atoms with Gasteiger partial charge in [-0.1, -0.05) is 31.3 Å². The number of H-pyrrole nitrogens is 1. The summed E-state index contributed by atoms with van der Waals surface area (Å²) >= 11 is 0. The van der Waals surface area contributed by atoms with E-state index in [9.17, 15) is 4.79 Å². The molecule has 3 atom stereocenters. The Morgan fingerprint density at radius 1 is 0.974 bits per heavy atom. The van der Waals surface area contributed by atoms with Crippen molar-refractivity contribution in [2.24, 2.45) is 17.8 Å². The summed E-state index contributed by atoms with van der Waals surface area (Å²) in [6.45, 7) is 5.59. The van der Waals surface area contributed by atoms with Crippen molar-refractivity contribution in [3.05, 3.63) is 10.6 Å². The maximum absolute atomic E-state index is 11.7. The number of aromatic amines is 1. The standard InChI is InChI=1S/C28H40N8O2/c1-16-9-11-18(12-10-16)15-35-22-23(29-17(2)19-5-3-6-19)30-25(26-33-28(37)38-34-26)31-24(22)32-27(35)36-20-7-4-8-21(36)14-13-20/h16-21H,3-15H2,1-2H3,(H,29,30,31)(H,33,34,37)/t16?,17-,18?,20?,21?/m1/s1. The lowest BCUT2D eigenvalue weighted by Crippen LogP contribution is -2.41. The summed E-state index contributed by atoms with van der Waals surface area (Å²) in [5.74, 6) is 3.92. The number of nitrogens with one attached hydrogen (secondary N) is 2. The molecule has 0 spiro atoms. The first kappa shape index (κ1) is 24.2. The van der Waals surface area contributed by atoms with E-state index in [1.165, 1.54) is 77.0 Å². The molecule has 204 valence electrons. The number of hydrogen-bond acceptors (Lipinski definition) is 8. The molecule has 0 amide bonds. The lowest BCUT2D eigenvalue weighted by molar-refractivity contribution is 0.266. The molecule has 2 saturated carbocycles. The average Bonchev–Trinajstić information content (AvgIpc) is 3.52. The Hall–Kier alpha value is -2.91. The number of fused-ring (bicyclic) bond motifs is 3. The summed E-state index contributed by atoms with van der Waals surface area (Å²) in [6.07, 6.45) is 15.2. The van der Waals surface area contributed by atoms with Gasteiger partial charge in [-0.3, -0.25) is 9.51 Å². The van der Waals surface area contributed by atoms with Crippen molar-refractivity contribution in [1.29, 1.82) is 0 Å². The molecule has 4 fully saturated rings. The van der Waals surface area contributed by atoms with Gasteiger partial charge in [0.25, 0.3) is 0 Å². The van der Waals surface area contributed by atoms with Crippen LogP contribution in [0.15, 0.2) is 9.32 Å². The number of rotatable bonds is 7. The Bertz CT molecular complexity index is 1330. The van der Waals surface area contributed by atoms with E-state index in [0.29, 0.717) is 41.4 Å². The highest BCUT2D eigenvalue weighted by molar-refractivity contribution is 5.87. The van der Waals surface area contributed by atoms with E-state index in [4.69, 9.17) is 19.5 Å². The first-order valence-electron chi connectivity index (χ1n) is 14.9. The second-order valence-electron chi connectivity index (χ2n) is 12.5. The van der Waals surface area contributed by atoms with Crippen LogP contribution in [0.5, 0.6) is 0 Å². The Labute approximate surface area is 223 Å². The van der Waals surface area contributed by atoms with Gasteiger partial charge in [0.2, 0.25) is 17.6 Å². The van der Waals surface area contributed by atoms with Gasteiger partial charge in [-0.25, -0.2) is 14.8 Å². The zero-order valence-corrected chi connectivity index (χ0v) is 22.7. The quantitative estimate of drug-likeness (QED) is 0.441. The second-order valence-corrected chi connectivity index (χ2v) is 12.5. The molecule has 4 aliphatic rings. The van der Waals surface area contributed by atoms with Crippen LogP contribution >= 0.6 is 0 Å². The molecule has 2 aliphatic carbocycles. The minimum absolute atomic E-state index is 0.242. The molecule has 2 saturated heterocycles. The van der Waals surface area contributed by atoms with Crippen LogP contribution in [0.25, 0.3) is 22.8 Å². The fourth-order valence-corrected chi connectivity index (χ4v) is 7.41. The third-order valence-corrected chi connectivity index (χ3v) is 9.96. The zero-order chi connectivity index (χ0) is 25.8. The molecule has 2 bridgehead atoms. The van der Waals surface area contributed by atoms with E-state index in [1.807, 2.05) is 0 Å². The van der Waals surface area contributed by atoms with Crippen LogP contribution in [-0.4, -0.2) is 47.8 Å². The fraction of sp³-hybridized carbons (Fsp3) is 0.750. The van der Waals surface area contributed by atoms with Gasteiger partial charge in [0.1, 0.15) is 5.52 Å². The highest BCUT2D eigenvalue weighted by atomic mass is 16.5. The molecule has 0 radical (unpaired) electrons. The topological polar surface area (TPSA) is 118 Å². The van der Waals surface area contributed by atoms with Gasteiger partial charge >= 0.3 is 5.76 Å². The Kier molecular flexibility index (Phi) is 6.15. The summed E-state index contributed by atoms with van der Waals surface area (Å²) in [5.41, 5.74) is 1.66. The van der Waals surface area contributed by atoms with E-state index < -0.39 is 5.76 Å². The monoisotopic (exact) mass is 520 g/mol. The van der Waals surface area contributed by atoms with Crippen molar-refractivity contribution in [1.82, 2.24) is 29.7 Å². The third-order valence-electron chi connectivity index (χ3n) is 9.96. The molecule has 10 nitrogen and oxygen atoms in total. The molecule has 2 aliphatic heterocycles. The lowest BCUT2D eigenvalue weighted by Gasteiger charge is -2.37. The van der Waals surface area contributed by atoms with Crippen molar-refractivity contribution < 1.29 is 4.52 Å². The van der Waals surface area contributed by atoms with E-state index in [2.05, 4.69) is 38.8 Å². The Morgan fingerprint density at radius 3 is 2.37 bits per heavy atom. The number of hydrogen-bond donors (Lipinski definition) is 2. The second kappa shape index (κ2) is 9.68. The first-order chi connectivity index (χ1) is 18.5. The van der Waals surface area contributed by atoms with E-state index in [0.717, 1.165) is 29.7 Å². The van der Waals surface area contributed by atoms with Crippen LogP contribution in [0.2, 0.25) is 0 Å². The van der Waals surface area contributed by atoms with Gasteiger partial charge < -0.3 is 14.8 Å². The Morgan fingerprint density at radius 2 is 1.71 bits per heavy atom. The minimum atomic E-state index is -0.608. The smallest absolute Gasteiger partial charge is 0.365 e. The number of nitrogens with zero attached hydrogens (tertiary/aromatic N) is 6. The highest BCUT2D eigenvalue weighted by Crippen LogP contribution is 2.42. The summed E-state index contributed by atoms with van der Waals surface area (Å²) in [6, 6.07) is 1.40. The molecular formula is C28H40N8O2. The number of anilines is 2. The largest absolute Gasteiger partial charge is 0.439 e. The maximum Gasteiger partial charge on any atom is 0.439 e. The third kappa shape index (κ3) is 4.29. The van der Waals surface area contributed by atoms with Crippen molar-refractivity contribution >= 4 is 22.9 Å². The molecule has 3 aromatic heterocycles. The molecule has 2 unspecified atom stereocenters. The van der Waals surface area contributed by atoms with Gasteiger partial charge in [0, 0.05) is 24.7 Å². The van der Waals surface area contributed by atoms with Gasteiger partial charge in [-0.05, 0) is 82.5 Å². The summed E-state index contributed by atoms with van der Waals surface area (Å²) in [5, 5.41) is 7.65. The van der Waals surface area contributed by atoms with Crippen molar-refractivity contribution in [2.75, 3.05) is 10.2 Å². The van der Waals surface area contributed by atoms with Crippen molar-refractivity contribution in [3.8, 4) is 11.6 Å². The lowest BCUT2D eigenvalue weighted by atomic mass is 9.80. The summed E-state index contributed by atoms with van der Waals surface area (Å²) in [7, 11) is 0. The van der Waals surface area contributed by atoms with Crippen LogP contribution in [0.1, 0.15) is 90.9 Å². The molecule has 3 aromatic rings. The van der Waals surface area contributed by atoms with Gasteiger partial charge in [-0.15, -0.1) is 0 Å². The van der Waals surface area contributed by atoms with Crippen LogP contribution in [0, 0.1) is 17.8 Å². The van der Waals surface area contributed by atoms with Crippen molar-refractivity contribution in [3.63, 3.8) is 0 Å². The predicted molar refractivity (Wildman–Crippen MR) is 146 cm³/mol. The van der Waals surface area contributed by atoms with Crippen LogP contribution in [-0.2, 0) is 6.54 Å². The average molecular weight is 521 g/mol. The number of aromatic nitrogens is 6. The molecule has 0 aromatic carbocycles. The van der Waals surface area contributed by atoms with E-state index in [1.54, 1.807) is 0 Å². The molecule has 10 heteroatoms. The SMILES string of the molecule is CC1CCC(Cn2c(N3C4CCCC3CC4)nc3nc(-c4noc(=O)[nH]4)nc(N[C@H](C)C4CCC4)c32)CC1. The first-order valence-corrected chi connectivity index (χ1v) is 14.9. The van der Waals surface area contributed by atoms with Gasteiger partial charge in [-0.2, -0.15) is 4.98 Å². The van der Waals surface area contributed by atoms with Gasteiger partial charge in [0.05, 0.1) is 0 Å². The summed E-state index contributed by atoms with van der Waals surface area (Å²) < 4.78 is 7.25. The molecule has 7 rings (SSSR count). The van der Waals surface area contributed by atoms with Crippen LogP contribution in [0.4, 0.5) is 11.8 Å². The van der Waals surface area contributed by atoms with Crippen LogP contribution in [0.3, 0.4) is 0 Å². The van der Waals surface area contributed by atoms with E-state index in [-0.39, 0.29) is 5.82 Å². The predicted octanol–water partition coefficient (Wildman–Crippen LogP) is 5.12. The van der Waals surface area contributed by atoms with Crippen LogP contribution < -0.4 is 16.0 Å². The Balaban J connectivity index is 1.37. The summed E-state index contributed by atoms with van der Waals surface area (Å²) in [4.78, 5) is 32.0. The van der Waals surface area contributed by atoms with Crippen molar-refractivity contribution in [2.45, 2.75) is 116 Å². The van der Waals surface area contributed by atoms with Gasteiger partial charge in [0.15, 0.2) is 11.5 Å². The maximum atomic E-state index is 11.7. The fourth-order valence-electron chi connectivity index (χ4n) is 7.41. The molecular weight excluding hydrogens is 480 g/mol. The zero-order valence-electron chi connectivity index (χ0n) is 22.7.